The first-order valence-corrected chi connectivity index (χ1v) is 7.89. The molecule has 0 atom stereocenters. The van der Waals surface area contributed by atoms with Crippen molar-refractivity contribution in [2.24, 2.45) is 11.7 Å². The molecule has 22 heavy (non-hydrogen) atoms. The number of carbonyl (C=O) groups is 3. The lowest BCUT2D eigenvalue weighted by Gasteiger charge is -2.30. The zero-order chi connectivity index (χ0) is 15.9. The minimum atomic E-state index is -0.547. The Morgan fingerprint density at radius 2 is 2.09 bits per heavy atom. The number of piperidine rings is 1. The van der Waals surface area contributed by atoms with Crippen molar-refractivity contribution in [2.75, 3.05) is 19.7 Å². The van der Waals surface area contributed by atoms with Gasteiger partial charge in [0.1, 0.15) is 0 Å². The third-order valence-electron chi connectivity index (χ3n) is 3.51. The second-order valence-electron chi connectivity index (χ2n) is 5.01. The number of primary amides is 1. The number of hydrogen-bond donors (Lipinski definition) is 1. The lowest BCUT2D eigenvalue weighted by Crippen LogP contribution is -2.43. The summed E-state index contributed by atoms with van der Waals surface area (Å²) in [6, 6.07) is 3.76. The third-order valence-corrected chi connectivity index (χ3v) is 4.35. The van der Waals surface area contributed by atoms with Crippen LogP contribution in [0, 0.1) is 5.92 Å². The second-order valence-corrected chi connectivity index (χ2v) is 5.99. The molecule has 2 heterocycles. The molecule has 1 aromatic heterocycles. The SMILES string of the molecule is NC(=O)C1CCN(C(=O)COC(=O)/C=C/c2cccs2)CC1. The van der Waals surface area contributed by atoms with Crippen LogP contribution >= 0.6 is 11.3 Å². The molecule has 6 nitrogen and oxygen atoms in total. The van der Waals surface area contributed by atoms with E-state index in [-0.39, 0.29) is 24.3 Å². The van der Waals surface area contributed by atoms with E-state index in [9.17, 15) is 14.4 Å². The zero-order valence-electron chi connectivity index (χ0n) is 12.1. The quantitative estimate of drug-likeness (QED) is 0.647. The molecule has 1 fully saturated rings. The lowest BCUT2D eigenvalue weighted by molar-refractivity contribution is -0.149. The van der Waals surface area contributed by atoms with Crippen molar-refractivity contribution in [3.05, 3.63) is 28.5 Å². The fourth-order valence-electron chi connectivity index (χ4n) is 2.22. The van der Waals surface area contributed by atoms with Gasteiger partial charge >= 0.3 is 5.97 Å². The van der Waals surface area contributed by atoms with Crippen LogP contribution in [0.1, 0.15) is 17.7 Å². The minimum absolute atomic E-state index is 0.166. The maximum absolute atomic E-state index is 11.9. The molecule has 0 aliphatic carbocycles. The first-order valence-electron chi connectivity index (χ1n) is 7.01. The number of carbonyl (C=O) groups excluding carboxylic acids is 3. The molecule has 7 heteroatoms. The highest BCUT2D eigenvalue weighted by Crippen LogP contribution is 2.16. The van der Waals surface area contributed by atoms with Crippen molar-refractivity contribution >= 4 is 35.2 Å². The summed E-state index contributed by atoms with van der Waals surface area (Å²) in [5.74, 6) is -1.29. The maximum atomic E-state index is 11.9. The van der Waals surface area contributed by atoms with Crippen molar-refractivity contribution < 1.29 is 19.1 Å². The number of rotatable bonds is 5. The van der Waals surface area contributed by atoms with Crippen LogP contribution in [-0.4, -0.2) is 42.4 Å². The number of thiophene rings is 1. The van der Waals surface area contributed by atoms with Crippen LogP contribution in [-0.2, 0) is 19.1 Å². The molecule has 2 rings (SSSR count). The van der Waals surface area contributed by atoms with Gasteiger partial charge in [-0.25, -0.2) is 4.79 Å². The second kappa shape index (κ2) is 7.74. The molecule has 1 aromatic rings. The largest absolute Gasteiger partial charge is 0.452 e. The molecule has 0 bridgehead atoms. The molecule has 0 saturated carbocycles. The van der Waals surface area contributed by atoms with Gasteiger partial charge in [-0.2, -0.15) is 0 Å². The smallest absolute Gasteiger partial charge is 0.331 e. The highest BCUT2D eigenvalue weighted by Gasteiger charge is 2.26. The highest BCUT2D eigenvalue weighted by atomic mass is 32.1. The van der Waals surface area contributed by atoms with Gasteiger partial charge in [-0.3, -0.25) is 9.59 Å². The van der Waals surface area contributed by atoms with Crippen LogP contribution in [0.4, 0.5) is 0 Å². The van der Waals surface area contributed by atoms with E-state index in [0.717, 1.165) is 4.88 Å². The molecule has 2 amide bonds. The monoisotopic (exact) mass is 322 g/mol. The third kappa shape index (κ3) is 4.70. The number of esters is 1. The van der Waals surface area contributed by atoms with Crippen LogP contribution in [0.15, 0.2) is 23.6 Å². The van der Waals surface area contributed by atoms with Crippen molar-refractivity contribution in [3.8, 4) is 0 Å². The molecule has 1 aliphatic rings. The van der Waals surface area contributed by atoms with E-state index in [0.29, 0.717) is 25.9 Å². The van der Waals surface area contributed by atoms with E-state index in [2.05, 4.69) is 0 Å². The number of hydrogen-bond acceptors (Lipinski definition) is 5. The molecule has 1 saturated heterocycles. The van der Waals surface area contributed by atoms with Crippen molar-refractivity contribution in [1.29, 1.82) is 0 Å². The summed E-state index contributed by atoms with van der Waals surface area (Å²) < 4.78 is 4.93. The number of nitrogens with zero attached hydrogens (tertiary/aromatic N) is 1. The van der Waals surface area contributed by atoms with E-state index in [1.54, 1.807) is 11.0 Å². The summed E-state index contributed by atoms with van der Waals surface area (Å²) in [4.78, 5) is 37.0. The molecule has 118 valence electrons. The molecule has 1 aliphatic heterocycles. The van der Waals surface area contributed by atoms with Crippen LogP contribution in [0.25, 0.3) is 6.08 Å². The zero-order valence-corrected chi connectivity index (χ0v) is 12.9. The molecule has 0 spiro atoms. The Labute approximate surface area is 132 Å². The average molecular weight is 322 g/mol. The van der Waals surface area contributed by atoms with E-state index < -0.39 is 5.97 Å². The van der Waals surface area contributed by atoms with Crippen LogP contribution in [0.3, 0.4) is 0 Å². The molecule has 0 radical (unpaired) electrons. The molecule has 0 unspecified atom stereocenters. The number of amides is 2. The molecule has 2 N–H and O–H groups in total. The van der Waals surface area contributed by atoms with Gasteiger partial charge in [-0.05, 0) is 30.4 Å². The molecule has 0 aromatic carbocycles. The van der Waals surface area contributed by atoms with E-state index >= 15 is 0 Å². The van der Waals surface area contributed by atoms with Gasteiger partial charge < -0.3 is 15.4 Å². The van der Waals surface area contributed by atoms with Crippen molar-refractivity contribution in [2.45, 2.75) is 12.8 Å². The Morgan fingerprint density at radius 1 is 1.36 bits per heavy atom. The molecular formula is C15H18N2O4S. The average Bonchev–Trinajstić information content (AvgIpc) is 3.04. The Hall–Kier alpha value is -2.15. The van der Waals surface area contributed by atoms with Crippen LogP contribution < -0.4 is 5.73 Å². The fraction of sp³-hybridized carbons (Fsp3) is 0.400. The van der Waals surface area contributed by atoms with Crippen molar-refractivity contribution in [1.82, 2.24) is 4.90 Å². The van der Waals surface area contributed by atoms with Gasteiger partial charge in [0.2, 0.25) is 5.91 Å². The predicted octanol–water partition coefficient (Wildman–Crippen LogP) is 1.03. The maximum Gasteiger partial charge on any atom is 0.331 e. The number of ether oxygens (including phenoxy) is 1. The minimum Gasteiger partial charge on any atom is -0.452 e. The topological polar surface area (TPSA) is 89.7 Å². The normalized spacial score (nSPS) is 15.9. The predicted molar refractivity (Wildman–Crippen MR) is 82.8 cm³/mol. The van der Waals surface area contributed by atoms with Gasteiger partial charge in [-0.1, -0.05) is 6.07 Å². The van der Waals surface area contributed by atoms with E-state index in [1.807, 2.05) is 17.5 Å². The molecular weight excluding hydrogens is 304 g/mol. The van der Waals surface area contributed by atoms with Crippen LogP contribution in [0.2, 0.25) is 0 Å². The van der Waals surface area contributed by atoms with Gasteiger partial charge in [0.15, 0.2) is 6.61 Å². The first kappa shape index (κ1) is 16.2. The Balaban J connectivity index is 1.71. The van der Waals surface area contributed by atoms with E-state index in [4.69, 9.17) is 10.5 Å². The number of nitrogens with two attached hydrogens (primary N) is 1. The standard InChI is InChI=1S/C15H18N2O4S/c16-15(20)11-5-7-17(8-6-11)13(18)10-21-14(19)4-3-12-2-1-9-22-12/h1-4,9,11H,5-8,10H2,(H2,16,20)/b4-3+. The Morgan fingerprint density at radius 3 is 2.68 bits per heavy atom. The highest BCUT2D eigenvalue weighted by molar-refractivity contribution is 7.10. The lowest BCUT2D eigenvalue weighted by atomic mass is 9.96. The number of likely N-dealkylation sites (tertiary alicyclic amines) is 1. The van der Waals surface area contributed by atoms with Gasteiger partial charge in [-0.15, -0.1) is 11.3 Å². The first-order chi connectivity index (χ1) is 10.6. The summed E-state index contributed by atoms with van der Waals surface area (Å²) in [5.41, 5.74) is 5.24. The van der Waals surface area contributed by atoms with Gasteiger partial charge in [0, 0.05) is 30.0 Å². The van der Waals surface area contributed by atoms with E-state index in [1.165, 1.54) is 17.4 Å². The Bertz CT molecular complexity index is 560. The van der Waals surface area contributed by atoms with Crippen LogP contribution in [0.5, 0.6) is 0 Å². The Kier molecular flexibility index (Phi) is 5.71. The van der Waals surface area contributed by atoms with Gasteiger partial charge in [0.25, 0.3) is 5.91 Å². The fourth-order valence-corrected chi connectivity index (χ4v) is 2.84. The van der Waals surface area contributed by atoms with Crippen molar-refractivity contribution in [3.63, 3.8) is 0 Å². The summed E-state index contributed by atoms with van der Waals surface area (Å²) in [7, 11) is 0. The summed E-state index contributed by atoms with van der Waals surface area (Å²) in [6.45, 7) is 0.652. The summed E-state index contributed by atoms with van der Waals surface area (Å²) >= 11 is 1.51. The summed E-state index contributed by atoms with van der Waals surface area (Å²) in [6.07, 6.45) is 4.08. The summed E-state index contributed by atoms with van der Waals surface area (Å²) in [5, 5.41) is 1.91. The van der Waals surface area contributed by atoms with Gasteiger partial charge in [0.05, 0.1) is 0 Å².